The van der Waals surface area contributed by atoms with Gasteiger partial charge >= 0.3 is 0 Å². The fraction of sp³-hybridized carbons (Fsp3) is 1.00. The van der Waals surface area contributed by atoms with Crippen LogP contribution in [-0.2, 0) is 0 Å². The lowest BCUT2D eigenvalue weighted by Gasteiger charge is -2.16. The molecule has 0 saturated carbocycles. The molecule has 0 aliphatic carbocycles. The number of hydrogen-bond donors (Lipinski definition) is 1. The van der Waals surface area contributed by atoms with Crippen LogP contribution in [0.3, 0.4) is 0 Å². The Morgan fingerprint density at radius 1 is 1.08 bits per heavy atom. The lowest BCUT2D eigenvalue weighted by molar-refractivity contribution is 0.106. The molecule has 0 aliphatic heterocycles. The van der Waals surface area contributed by atoms with E-state index in [-0.39, 0.29) is 6.10 Å². The Balaban J connectivity index is 3.24. The molecule has 0 heterocycles. The highest BCUT2D eigenvalue weighted by atomic mass is 16.3. The summed E-state index contributed by atoms with van der Waals surface area (Å²) in [6.07, 6.45) is 7.26. The van der Waals surface area contributed by atoms with E-state index in [0.29, 0.717) is 5.92 Å². The van der Waals surface area contributed by atoms with Crippen molar-refractivity contribution in [1.82, 2.24) is 0 Å². The van der Waals surface area contributed by atoms with Crippen LogP contribution in [0.5, 0.6) is 0 Å². The van der Waals surface area contributed by atoms with Crippen molar-refractivity contribution in [1.29, 1.82) is 0 Å². The monoisotopic (exact) mass is 172 g/mol. The summed E-state index contributed by atoms with van der Waals surface area (Å²) in [5.74, 6) is 0.492. The molecule has 2 unspecified atom stereocenters. The Kier molecular flexibility index (Phi) is 7.58. The second-order valence-electron chi connectivity index (χ2n) is 3.80. The fourth-order valence-electron chi connectivity index (χ4n) is 1.49. The minimum Gasteiger partial charge on any atom is -0.393 e. The van der Waals surface area contributed by atoms with Gasteiger partial charge in [0.25, 0.3) is 0 Å². The number of rotatable bonds is 7. The van der Waals surface area contributed by atoms with Crippen molar-refractivity contribution in [3.8, 4) is 0 Å². The van der Waals surface area contributed by atoms with Crippen LogP contribution in [0.2, 0.25) is 0 Å². The maximum Gasteiger partial charge on any atom is 0.0563 e. The normalized spacial score (nSPS) is 16.0. The van der Waals surface area contributed by atoms with Gasteiger partial charge in [0.2, 0.25) is 0 Å². The average Bonchev–Trinajstić information content (AvgIpc) is 2.10. The van der Waals surface area contributed by atoms with Crippen LogP contribution in [0.25, 0.3) is 0 Å². The highest BCUT2D eigenvalue weighted by Crippen LogP contribution is 2.15. The van der Waals surface area contributed by atoms with Gasteiger partial charge in [-0.05, 0) is 18.8 Å². The molecule has 0 aliphatic rings. The van der Waals surface area contributed by atoms with Gasteiger partial charge in [-0.15, -0.1) is 0 Å². The molecule has 1 heteroatoms. The highest BCUT2D eigenvalue weighted by Gasteiger charge is 2.10. The van der Waals surface area contributed by atoms with Crippen LogP contribution in [0.15, 0.2) is 0 Å². The van der Waals surface area contributed by atoms with Crippen LogP contribution in [-0.4, -0.2) is 11.2 Å². The zero-order chi connectivity index (χ0) is 9.40. The molecule has 0 radical (unpaired) electrons. The third-order valence-electron chi connectivity index (χ3n) is 2.59. The van der Waals surface area contributed by atoms with E-state index in [4.69, 9.17) is 0 Å². The molecule has 0 aromatic carbocycles. The summed E-state index contributed by atoms with van der Waals surface area (Å²) in [5, 5.41) is 9.48. The Hall–Kier alpha value is -0.0400. The molecular weight excluding hydrogens is 148 g/mol. The summed E-state index contributed by atoms with van der Waals surface area (Å²) in [6.45, 7) is 6.43. The van der Waals surface area contributed by atoms with Gasteiger partial charge in [0.05, 0.1) is 6.10 Å². The lowest BCUT2D eigenvalue weighted by atomic mass is 9.96. The number of aliphatic hydroxyl groups is 1. The Morgan fingerprint density at radius 2 is 1.75 bits per heavy atom. The zero-order valence-electron chi connectivity index (χ0n) is 8.84. The van der Waals surface area contributed by atoms with Gasteiger partial charge < -0.3 is 5.11 Å². The standard InChI is InChI=1S/C11H24O/c1-4-6-7-8-9-10(3)11(12)5-2/h10-12H,4-9H2,1-3H3. The molecule has 1 nitrogen and oxygen atoms in total. The van der Waals surface area contributed by atoms with E-state index in [0.717, 1.165) is 6.42 Å². The van der Waals surface area contributed by atoms with E-state index in [1.807, 2.05) is 6.92 Å². The van der Waals surface area contributed by atoms with E-state index in [2.05, 4.69) is 13.8 Å². The first-order chi connectivity index (χ1) is 5.72. The molecule has 2 atom stereocenters. The second-order valence-corrected chi connectivity index (χ2v) is 3.80. The van der Waals surface area contributed by atoms with E-state index in [1.54, 1.807) is 0 Å². The van der Waals surface area contributed by atoms with Gasteiger partial charge in [0, 0.05) is 0 Å². The Morgan fingerprint density at radius 3 is 2.25 bits per heavy atom. The SMILES string of the molecule is CCCCCCC(C)C(O)CC. The van der Waals surface area contributed by atoms with Crippen LogP contribution in [0.1, 0.15) is 59.3 Å². The quantitative estimate of drug-likeness (QED) is 0.584. The van der Waals surface area contributed by atoms with Gasteiger partial charge in [-0.3, -0.25) is 0 Å². The third kappa shape index (κ3) is 5.59. The van der Waals surface area contributed by atoms with Gasteiger partial charge in [-0.25, -0.2) is 0 Å². The Bertz CT molecular complexity index is 91.0. The maximum absolute atomic E-state index is 9.48. The van der Waals surface area contributed by atoms with Gasteiger partial charge in [-0.1, -0.05) is 46.5 Å². The topological polar surface area (TPSA) is 20.2 Å². The average molecular weight is 172 g/mol. The van der Waals surface area contributed by atoms with Crippen molar-refractivity contribution in [3.05, 3.63) is 0 Å². The molecule has 0 saturated heterocycles. The van der Waals surface area contributed by atoms with E-state index in [9.17, 15) is 5.11 Å². The van der Waals surface area contributed by atoms with Crippen LogP contribution >= 0.6 is 0 Å². The van der Waals surface area contributed by atoms with Gasteiger partial charge in [0.1, 0.15) is 0 Å². The van der Waals surface area contributed by atoms with Crippen LogP contribution < -0.4 is 0 Å². The minimum absolute atomic E-state index is 0.0772. The summed E-state index contributed by atoms with van der Waals surface area (Å²) in [4.78, 5) is 0. The van der Waals surface area contributed by atoms with E-state index >= 15 is 0 Å². The van der Waals surface area contributed by atoms with E-state index in [1.165, 1.54) is 32.1 Å². The summed E-state index contributed by atoms with van der Waals surface area (Å²) in [5.41, 5.74) is 0. The van der Waals surface area contributed by atoms with Crippen molar-refractivity contribution in [3.63, 3.8) is 0 Å². The maximum atomic E-state index is 9.48. The molecule has 0 rings (SSSR count). The summed E-state index contributed by atoms with van der Waals surface area (Å²) in [7, 11) is 0. The molecule has 0 fully saturated rings. The first-order valence-electron chi connectivity index (χ1n) is 5.40. The van der Waals surface area contributed by atoms with E-state index < -0.39 is 0 Å². The smallest absolute Gasteiger partial charge is 0.0563 e. The van der Waals surface area contributed by atoms with Crippen molar-refractivity contribution in [2.45, 2.75) is 65.4 Å². The molecule has 0 aromatic rings. The summed E-state index contributed by atoms with van der Waals surface area (Å²) >= 11 is 0. The molecule has 0 spiro atoms. The van der Waals surface area contributed by atoms with Crippen molar-refractivity contribution in [2.75, 3.05) is 0 Å². The highest BCUT2D eigenvalue weighted by molar-refractivity contribution is 4.62. The zero-order valence-corrected chi connectivity index (χ0v) is 8.84. The van der Waals surface area contributed by atoms with Crippen LogP contribution in [0, 0.1) is 5.92 Å². The van der Waals surface area contributed by atoms with Crippen molar-refractivity contribution in [2.24, 2.45) is 5.92 Å². The molecule has 0 amide bonds. The fourth-order valence-corrected chi connectivity index (χ4v) is 1.49. The largest absolute Gasteiger partial charge is 0.393 e. The summed E-state index contributed by atoms with van der Waals surface area (Å²) in [6, 6.07) is 0. The molecule has 1 N–H and O–H groups in total. The van der Waals surface area contributed by atoms with Gasteiger partial charge in [-0.2, -0.15) is 0 Å². The van der Waals surface area contributed by atoms with Crippen molar-refractivity contribution >= 4 is 0 Å². The molecular formula is C11H24O. The minimum atomic E-state index is -0.0772. The van der Waals surface area contributed by atoms with Gasteiger partial charge in [0.15, 0.2) is 0 Å². The number of hydrogen-bond acceptors (Lipinski definition) is 1. The predicted molar refractivity (Wildman–Crippen MR) is 54.2 cm³/mol. The predicted octanol–water partition coefficient (Wildman–Crippen LogP) is 3.36. The Labute approximate surface area is 77.2 Å². The first kappa shape index (κ1) is 12.0. The van der Waals surface area contributed by atoms with Crippen LogP contribution in [0.4, 0.5) is 0 Å². The van der Waals surface area contributed by atoms with Crippen molar-refractivity contribution < 1.29 is 5.11 Å². The molecule has 0 aromatic heterocycles. The molecule has 0 bridgehead atoms. The lowest BCUT2D eigenvalue weighted by Crippen LogP contribution is -2.15. The first-order valence-corrected chi connectivity index (χ1v) is 5.40. The number of aliphatic hydroxyl groups excluding tert-OH is 1. The second kappa shape index (κ2) is 7.60. The molecule has 12 heavy (non-hydrogen) atoms. The molecule has 74 valence electrons. The number of unbranched alkanes of at least 4 members (excludes halogenated alkanes) is 3. The third-order valence-corrected chi connectivity index (χ3v) is 2.59. The summed E-state index contributed by atoms with van der Waals surface area (Å²) < 4.78 is 0.